The molecule has 2 aromatic rings. The summed E-state index contributed by atoms with van der Waals surface area (Å²) in [6, 6.07) is 5.06. The third-order valence-corrected chi connectivity index (χ3v) is 3.29. The topological polar surface area (TPSA) is 29.9 Å². The van der Waals surface area contributed by atoms with Crippen LogP contribution in [0.2, 0.25) is 0 Å². The van der Waals surface area contributed by atoms with Gasteiger partial charge in [-0.15, -0.1) is 0 Å². The van der Waals surface area contributed by atoms with E-state index in [1.165, 1.54) is 12.1 Å². The second kappa shape index (κ2) is 6.30. The van der Waals surface area contributed by atoms with E-state index in [-0.39, 0.29) is 5.56 Å². The van der Waals surface area contributed by atoms with Crippen LogP contribution in [0.4, 0.5) is 13.2 Å². The molecule has 1 N–H and O–H groups in total. The second-order valence-corrected chi connectivity index (χ2v) is 4.87. The monoisotopic (exact) mass is 297 g/mol. The molecule has 3 nitrogen and oxygen atoms in total. The third-order valence-electron chi connectivity index (χ3n) is 3.29. The van der Waals surface area contributed by atoms with Gasteiger partial charge in [0.2, 0.25) is 0 Å². The van der Waals surface area contributed by atoms with E-state index in [0.717, 1.165) is 12.5 Å². The minimum Gasteiger partial charge on any atom is -0.336 e. The Morgan fingerprint density at radius 3 is 2.57 bits per heavy atom. The van der Waals surface area contributed by atoms with Crippen molar-refractivity contribution in [3.63, 3.8) is 0 Å². The fourth-order valence-corrected chi connectivity index (χ4v) is 2.29. The molecule has 21 heavy (non-hydrogen) atoms. The fourth-order valence-electron chi connectivity index (χ4n) is 2.29. The minimum atomic E-state index is -4.38. The molecule has 0 bridgehead atoms. The average molecular weight is 297 g/mol. The lowest BCUT2D eigenvalue weighted by Crippen LogP contribution is -2.28. The largest absolute Gasteiger partial charge is 0.416 e. The van der Waals surface area contributed by atoms with Crippen LogP contribution in [0.1, 0.15) is 36.3 Å². The number of hydrogen-bond acceptors (Lipinski definition) is 2. The molecule has 6 heteroatoms. The zero-order chi connectivity index (χ0) is 15.5. The highest BCUT2D eigenvalue weighted by Gasteiger charge is 2.35. The zero-order valence-corrected chi connectivity index (χ0v) is 12.0. The number of nitrogens with one attached hydrogen (secondary N) is 1. The van der Waals surface area contributed by atoms with Crippen molar-refractivity contribution in [2.45, 2.75) is 25.6 Å². The predicted molar refractivity (Wildman–Crippen MR) is 74.8 cm³/mol. The average Bonchev–Trinajstić information content (AvgIpc) is 2.85. The van der Waals surface area contributed by atoms with Crippen molar-refractivity contribution in [1.29, 1.82) is 0 Å². The molecule has 2 rings (SSSR count). The van der Waals surface area contributed by atoms with Crippen LogP contribution < -0.4 is 5.32 Å². The molecule has 0 saturated heterocycles. The van der Waals surface area contributed by atoms with Crippen LogP contribution in [0.15, 0.2) is 36.7 Å². The maximum atomic E-state index is 13.2. The van der Waals surface area contributed by atoms with Crippen molar-refractivity contribution in [2.75, 3.05) is 6.54 Å². The minimum absolute atomic E-state index is 0.202. The predicted octanol–water partition coefficient (Wildman–Crippen LogP) is 3.53. The van der Waals surface area contributed by atoms with Gasteiger partial charge < -0.3 is 9.88 Å². The second-order valence-electron chi connectivity index (χ2n) is 4.87. The highest BCUT2D eigenvalue weighted by atomic mass is 19.4. The summed E-state index contributed by atoms with van der Waals surface area (Å²) >= 11 is 0. The summed E-state index contributed by atoms with van der Waals surface area (Å²) in [7, 11) is 1.78. The Balaban J connectivity index is 2.50. The molecule has 0 aliphatic rings. The van der Waals surface area contributed by atoms with Crippen molar-refractivity contribution >= 4 is 0 Å². The number of halogens is 3. The van der Waals surface area contributed by atoms with Crippen LogP contribution in [0, 0.1) is 0 Å². The normalized spacial score (nSPS) is 13.4. The SMILES string of the molecule is CCCNC(c1ccccc1C(F)(F)F)c1nccn1C. The van der Waals surface area contributed by atoms with E-state index < -0.39 is 17.8 Å². The number of rotatable bonds is 5. The van der Waals surface area contributed by atoms with Crippen molar-refractivity contribution in [3.8, 4) is 0 Å². The zero-order valence-electron chi connectivity index (χ0n) is 12.0. The van der Waals surface area contributed by atoms with Crippen LogP contribution in [0.5, 0.6) is 0 Å². The van der Waals surface area contributed by atoms with Gasteiger partial charge in [-0.25, -0.2) is 4.98 Å². The van der Waals surface area contributed by atoms with Crippen molar-refractivity contribution < 1.29 is 13.2 Å². The Hall–Kier alpha value is -1.82. The number of imidazole rings is 1. The van der Waals surface area contributed by atoms with E-state index in [0.29, 0.717) is 12.4 Å². The lowest BCUT2D eigenvalue weighted by atomic mass is 9.99. The molecule has 0 radical (unpaired) electrons. The summed E-state index contributed by atoms with van der Waals surface area (Å²) in [6.45, 7) is 2.59. The van der Waals surface area contributed by atoms with E-state index in [1.54, 1.807) is 30.1 Å². The Morgan fingerprint density at radius 1 is 1.29 bits per heavy atom. The van der Waals surface area contributed by atoms with E-state index >= 15 is 0 Å². The molecule has 1 unspecified atom stereocenters. The Labute approximate surface area is 121 Å². The van der Waals surface area contributed by atoms with Crippen molar-refractivity contribution in [1.82, 2.24) is 14.9 Å². The van der Waals surface area contributed by atoms with Crippen LogP contribution in [-0.2, 0) is 13.2 Å². The van der Waals surface area contributed by atoms with Gasteiger partial charge in [0.05, 0.1) is 11.6 Å². The molecule has 1 atom stereocenters. The van der Waals surface area contributed by atoms with Crippen LogP contribution in [0.25, 0.3) is 0 Å². The van der Waals surface area contributed by atoms with Crippen molar-refractivity contribution in [2.24, 2.45) is 7.05 Å². The molecule has 0 aliphatic carbocycles. The van der Waals surface area contributed by atoms with Gasteiger partial charge in [-0.05, 0) is 24.6 Å². The highest BCUT2D eigenvalue weighted by Crippen LogP contribution is 2.36. The van der Waals surface area contributed by atoms with Gasteiger partial charge in [0, 0.05) is 19.4 Å². The summed E-state index contributed by atoms with van der Waals surface area (Å²) in [5, 5.41) is 3.16. The Morgan fingerprint density at radius 2 is 2.00 bits per heavy atom. The maximum absolute atomic E-state index is 13.2. The van der Waals surface area contributed by atoms with Gasteiger partial charge in [-0.1, -0.05) is 25.1 Å². The summed E-state index contributed by atoms with van der Waals surface area (Å²) in [4.78, 5) is 4.20. The lowest BCUT2D eigenvalue weighted by Gasteiger charge is -2.22. The fraction of sp³-hybridized carbons (Fsp3) is 0.400. The van der Waals surface area contributed by atoms with E-state index in [4.69, 9.17) is 0 Å². The molecule has 1 aromatic heterocycles. The Bertz CT molecular complexity index is 590. The molecular formula is C15H18F3N3. The molecule has 0 spiro atoms. The molecule has 0 amide bonds. The number of benzene rings is 1. The number of hydrogen-bond donors (Lipinski definition) is 1. The molecule has 114 valence electrons. The first-order valence-electron chi connectivity index (χ1n) is 6.82. The summed E-state index contributed by atoms with van der Waals surface area (Å²) in [6.07, 6.45) is -0.235. The third kappa shape index (κ3) is 3.44. The number of alkyl halides is 3. The van der Waals surface area contributed by atoms with Gasteiger partial charge in [0.1, 0.15) is 5.82 Å². The molecular weight excluding hydrogens is 279 g/mol. The summed E-state index contributed by atoms with van der Waals surface area (Å²) in [5.74, 6) is 0.570. The molecule has 0 aliphatic heterocycles. The first-order valence-corrected chi connectivity index (χ1v) is 6.82. The van der Waals surface area contributed by atoms with Gasteiger partial charge in [0.25, 0.3) is 0 Å². The van der Waals surface area contributed by atoms with Gasteiger partial charge in [0.15, 0.2) is 0 Å². The van der Waals surface area contributed by atoms with Crippen LogP contribution in [0.3, 0.4) is 0 Å². The lowest BCUT2D eigenvalue weighted by molar-refractivity contribution is -0.138. The Kier molecular flexibility index (Phi) is 4.67. The summed E-state index contributed by atoms with van der Waals surface area (Å²) < 4.78 is 41.4. The smallest absolute Gasteiger partial charge is 0.336 e. The quantitative estimate of drug-likeness (QED) is 0.915. The standard InChI is InChI=1S/C15H18F3N3/c1-3-8-19-13(14-20-9-10-21(14)2)11-6-4-5-7-12(11)15(16,17)18/h4-7,9-10,13,19H,3,8H2,1-2H3. The van der Waals surface area contributed by atoms with E-state index in [2.05, 4.69) is 10.3 Å². The van der Waals surface area contributed by atoms with Gasteiger partial charge >= 0.3 is 6.18 Å². The van der Waals surface area contributed by atoms with E-state index in [1.807, 2.05) is 6.92 Å². The van der Waals surface area contributed by atoms with Gasteiger partial charge in [-0.3, -0.25) is 0 Å². The molecule has 1 heterocycles. The number of aromatic nitrogens is 2. The van der Waals surface area contributed by atoms with E-state index in [9.17, 15) is 13.2 Å². The van der Waals surface area contributed by atoms with Crippen LogP contribution >= 0.6 is 0 Å². The molecule has 0 saturated carbocycles. The van der Waals surface area contributed by atoms with Crippen LogP contribution in [-0.4, -0.2) is 16.1 Å². The first-order chi connectivity index (χ1) is 9.95. The number of aryl methyl sites for hydroxylation is 1. The molecule has 0 fully saturated rings. The van der Waals surface area contributed by atoms with Gasteiger partial charge in [-0.2, -0.15) is 13.2 Å². The summed E-state index contributed by atoms with van der Waals surface area (Å²) in [5.41, 5.74) is -0.422. The highest BCUT2D eigenvalue weighted by molar-refractivity contribution is 5.35. The van der Waals surface area contributed by atoms with Crippen molar-refractivity contribution in [3.05, 3.63) is 53.6 Å². The maximum Gasteiger partial charge on any atom is 0.416 e. The number of nitrogens with zero attached hydrogens (tertiary/aromatic N) is 2. The molecule has 1 aromatic carbocycles. The first kappa shape index (κ1) is 15.6.